The van der Waals surface area contributed by atoms with Crippen LogP contribution in [0.25, 0.3) is 21.8 Å². The summed E-state index contributed by atoms with van der Waals surface area (Å²) in [5.74, 6) is -2.29. The molecule has 13 nitrogen and oxygen atoms in total. The summed E-state index contributed by atoms with van der Waals surface area (Å²) < 4.78 is 21.9. The van der Waals surface area contributed by atoms with Crippen LogP contribution in [0.3, 0.4) is 0 Å². The number of H-pyrrole nitrogens is 2. The molecule has 0 unspecified atom stereocenters. The van der Waals surface area contributed by atoms with Gasteiger partial charge in [0, 0.05) is 67.3 Å². The zero-order valence-electron chi connectivity index (χ0n) is 30.8. The number of aromatic amines is 2. The lowest BCUT2D eigenvalue weighted by molar-refractivity contribution is -0.152. The lowest BCUT2D eigenvalue weighted by Gasteiger charge is -2.29. The molecule has 0 saturated carbocycles. The molecule has 14 heteroatoms. The molecule has 2 aromatic heterocycles. The molecule has 3 atom stereocenters. The molecule has 3 N–H and O–H groups in total. The van der Waals surface area contributed by atoms with Crippen molar-refractivity contribution >= 4 is 51.3 Å². The Bertz CT molecular complexity index is 2230. The maximum atomic E-state index is 15.7. The van der Waals surface area contributed by atoms with Crippen molar-refractivity contribution in [2.24, 2.45) is 0 Å². The number of carbonyl (C=O) groups is 5. The van der Waals surface area contributed by atoms with E-state index >= 15 is 4.48 Å². The summed E-state index contributed by atoms with van der Waals surface area (Å²) in [6, 6.07) is 19.7. The van der Waals surface area contributed by atoms with Crippen molar-refractivity contribution in [1.29, 1.82) is 0 Å². The number of halogens is 1. The minimum absolute atomic E-state index is 0.000675. The quantitative estimate of drug-likeness (QED) is 0.214. The Kier molecular flexibility index (Phi) is 10.8. The number of fused-ring (bicyclic) bond motifs is 4. The van der Waals surface area contributed by atoms with Crippen LogP contribution in [0.4, 0.5) is 4.48 Å². The van der Waals surface area contributed by atoms with Gasteiger partial charge in [-0.15, -0.1) is 0 Å². The summed E-state index contributed by atoms with van der Waals surface area (Å²) in [4.78, 5) is 78.5. The van der Waals surface area contributed by atoms with Gasteiger partial charge in [-0.3, -0.25) is 24.0 Å². The molecule has 0 radical (unpaired) electrons. The average Bonchev–Trinajstić information content (AvgIpc) is 3.92. The highest BCUT2D eigenvalue weighted by atomic mass is 19.2. The summed E-state index contributed by atoms with van der Waals surface area (Å²) >= 11 is 0. The van der Waals surface area contributed by atoms with Crippen LogP contribution in [0.5, 0.6) is 5.75 Å². The van der Waals surface area contributed by atoms with Crippen LogP contribution in [0, 0.1) is 0 Å². The molecule has 3 aromatic carbocycles. The maximum Gasteiger partial charge on any atom is 0.273 e. The molecule has 7 rings (SSSR count). The lowest BCUT2D eigenvalue weighted by atomic mass is 10.1. The Balaban J connectivity index is 1.07. The number of hydrogen-bond donors (Lipinski definition) is 3. The molecule has 5 amide bonds. The molecule has 5 aromatic rings. The Labute approximate surface area is 317 Å². The minimum atomic E-state index is -1.32. The van der Waals surface area contributed by atoms with Crippen LogP contribution in [-0.2, 0) is 32.0 Å². The van der Waals surface area contributed by atoms with E-state index in [1.807, 2.05) is 54.7 Å². The van der Waals surface area contributed by atoms with Crippen molar-refractivity contribution in [1.82, 2.24) is 35.1 Å². The zero-order chi connectivity index (χ0) is 38.6. The van der Waals surface area contributed by atoms with E-state index in [0.29, 0.717) is 6.42 Å². The number of hydrogen-bond acceptors (Lipinski definition) is 6. The van der Waals surface area contributed by atoms with E-state index in [4.69, 9.17) is 4.74 Å². The fourth-order valence-corrected chi connectivity index (χ4v) is 7.65. The third-order valence-corrected chi connectivity index (χ3v) is 10.7. The number of likely N-dealkylation sites (N-methyl/N-ethyl adjacent to an activating group) is 2. The minimum Gasteiger partial charge on any atom is -0.491 e. The Morgan fingerprint density at radius 1 is 0.891 bits per heavy atom. The molecule has 4 heterocycles. The van der Waals surface area contributed by atoms with Crippen LogP contribution in [-0.4, -0.2) is 118 Å². The zero-order valence-corrected chi connectivity index (χ0v) is 30.8. The molecular weight excluding hydrogens is 705 g/mol. The van der Waals surface area contributed by atoms with Gasteiger partial charge in [-0.05, 0) is 54.7 Å². The number of benzene rings is 3. The van der Waals surface area contributed by atoms with Crippen LogP contribution in [0.2, 0.25) is 0 Å². The summed E-state index contributed by atoms with van der Waals surface area (Å²) in [5, 5.41) is 5.07. The molecule has 286 valence electrons. The van der Waals surface area contributed by atoms with E-state index in [1.54, 1.807) is 35.4 Å². The van der Waals surface area contributed by atoms with Crippen molar-refractivity contribution in [2.75, 3.05) is 40.3 Å². The first-order chi connectivity index (χ1) is 26.6. The van der Waals surface area contributed by atoms with Crippen molar-refractivity contribution in [2.45, 2.75) is 50.2 Å². The number of carbonyl (C=O) groups excluding carboxylic acids is 5. The van der Waals surface area contributed by atoms with Gasteiger partial charge in [-0.25, -0.2) is 0 Å². The monoisotopic (exact) mass is 749 g/mol. The van der Waals surface area contributed by atoms with Crippen LogP contribution >= 0.6 is 0 Å². The van der Waals surface area contributed by atoms with Gasteiger partial charge in [0.15, 0.2) is 0 Å². The molecule has 55 heavy (non-hydrogen) atoms. The largest absolute Gasteiger partial charge is 0.491 e. The second-order valence-electron chi connectivity index (χ2n) is 14.3. The molecule has 2 aliphatic rings. The topological polar surface area (TPSA) is 151 Å². The molecular formula is C41H44FN7O6. The Morgan fingerprint density at radius 3 is 2.29 bits per heavy atom. The van der Waals surface area contributed by atoms with E-state index < -0.39 is 29.8 Å². The molecule has 1 saturated heterocycles. The first-order valence-electron chi connectivity index (χ1n) is 18.5. The summed E-state index contributed by atoms with van der Waals surface area (Å²) in [5.41, 5.74) is 3.68. The number of ether oxygens (including phenoxy) is 1. The van der Waals surface area contributed by atoms with Gasteiger partial charge in [0.1, 0.15) is 18.4 Å². The summed E-state index contributed by atoms with van der Waals surface area (Å²) in [6.07, 6.45) is 3.98. The second-order valence-corrected chi connectivity index (χ2v) is 14.3. The molecule has 1 fully saturated rings. The van der Waals surface area contributed by atoms with Gasteiger partial charge in [-0.2, -0.15) is 5.12 Å². The normalized spacial score (nSPS) is 19.8. The van der Waals surface area contributed by atoms with Gasteiger partial charge in [0.05, 0.1) is 31.1 Å². The van der Waals surface area contributed by atoms with Crippen molar-refractivity contribution < 1.29 is 33.2 Å². The second kappa shape index (κ2) is 16.0. The predicted molar refractivity (Wildman–Crippen MR) is 204 cm³/mol. The number of aromatic nitrogens is 2. The van der Waals surface area contributed by atoms with Gasteiger partial charge in [-0.1, -0.05) is 53.0 Å². The highest BCUT2D eigenvalue weighted by Crippen LogP contribution is 2.27. The lowest BCUT2D eigenvalue weighted by Crippen LogP contribution is -2.48. The number of rotatable bonds is 7. The standard InChI is InChI=1S/C41H44FN7O6/c1-46-24-39(52)48-23-28(45-37(50)19-27-22-44-34-13-7-4-10-31(27)34)20-29(48)25-55-36-14-8-5-11-32(36)40(53)47(2)35(15-16-38(46)51)41(54)49(42)18-17-26-21-43-33-12-6-3-9-30(26)33/h3-14,21-22,28-29,35,43-44H,15-20,23-25H2,1-2H3,(H,45,50)/t28-,29-,35-/m0/s1. The van der Waals surface area contributed by atoms with E-state index in [9.17, 15) is 24.0 Å². The summed E-state index contributed by atoms with van der Waals surface area (Å²) in [6.45, 7) is -0.307. The molecule has 0 bridgehead atoms. The van der Waals surface area contributed by atoms with Gasteiger partial charge in [0.2, 0.25) is 17.7 Å². The van der Waals surface area contributed by atoms with Crippen molar-refractivity contribution in [3.63, 3.8) is 0 Å². The summed E-state index contributed by atoms with van der Waals surface area (Å²) in [7, 11) is 2.90. The van der Waals surface area contributed by atoms with Gasteiger partial charge >= 0.3 is 0 Å². The smallest absolute Gasteiger partial charge is 0.273 e. The van der Waals surface area contributed by atoms with Crippen LogP contribution in [0.1, 0.15) is 40.7 Å². The Hall–Kier alpha value is -6.18. The molecule has 2 aliphatic heterocycles. The van der Waals surface area contributed by atoms with Crippen molar-refractivity contribution in [3.05, 3.63) is 102 Å². The molecule has 0 aliphatic carbocycles. The van der Waals surface area contributed by atoms with E-state index in [-0.39, 0.29) is 86.2 Å². The third-order valence-electron chi connectivity index (χ3n) is 10.7. The number of amides is 5. The van der Waals surface area contributed by atoms with Crippen molar-refractivity contribution in [3.8, 4) is 5.75 Å². The SMILES string of the molecule is CN1CC(=O)N2C[C@@H](NC(=O)Cc3c[nH]c4ccccc34)C[C@H]2COc2ccccc2C(=O)N(C)[C@H](C(=O)N(F)CCc2c[nH]c3ccccc23)CCC1=O. The third kappa shape index (κ3) is 8.03. The highest BCUT2D eigenvalue weighted by molar-refractivity contribution is 5.99. The maximum absolute atomic E-state index is 15.7. The fraction of sp³-hybridized carbons (Fsp3) is 0.341. The van der Waals surface area contributed by atoms with Gasteiger partial charge in [0.25, 0.3) is 11.8 Å². The van der Waals surface area contributed by atoms with Gasteiger partial charge < -0.3 is 34.7 Å². The van der Waals surface area contributed by atoms with E-state index in [0.717, 1.165) is 37.8 Å². The van der Waals surface area contributed by atoms with E-state index in [2.05, 4.69) is 15.3 Å². The fourth-order valence-electron chi connectivity index (χ4n) is 7.65. The first-order valence-corrected chi connectivity index (χ1v) is 18.5. The highest BCUT2D eigenvalue weighted by Gasteiger charge is 2.38. The van der Waals surface area contributed by atoms with E-state index in [1.165, 1.54) is 19.0 Å². The van der Waals surface area contributed by atoms with Crippen LogP contribution in [0.15, 0.2) is 85.2 Å². The first kappa shape index (κ1) is 37.1. The van der Waals surface area contributed by atoms with Crippen LogP contribution < -0.4 is 10.1 Å². The predicted octanol–water partition coefficient (Wildman–Crippen LogP) is 4.01. The average molecular weight is 750 g/mol. The molecule has 0 spiro atoms. The Morgan fingerprint density at radius 2 is 1.55 bits per heavy atom. The number of nitrogens with zero attached hydrogens (tertiary/aromatic N) is 4. The number of para-hydroxylation sites is 3. The number of nitrogens with one attached hydrogen (secondary N) is 3.